The summed E-state index contributed by atoms with van der Waals surface area (Å²) in [6.07, 6.45) is 0.631. The van der Waals surface area contributed by atoms with Crippen molar-refractivity contribution in [2.45, 2.75) is 24.7 Å². The molecule has 6 nitrogen and oxygen atoms in total. The number of aryl methyl sites for hydroxylation is 1. The summed E-state index contributed by atoms with van der Waals surface area (Å²) in [6.45, 7) is 2.05. The van der Waals surface area contributed by atoms with E-state index in [1.807, 2.05) is 25.1 Å². The third kappa shape index (κ3) is 4.61. The maximum atomic E-state index is 12.9. The molecule has 142 valence electrons. The molecule has 3 rings (SSSR count). The standard InChI is InChI=1S/C18H18FN3O3S2/c1-2-12-4-3-5-15-17(12)20-18(26-15)22-21-16(23)10-11-27(24,25)14-8-6-13(19)7-9-14/h3-9H,2,10-11H2,1H3,(H,20,22)(H,21,23). The van der Waals surface area contributed by atoms with Crippen molar-refractivity contribution in [3.8, 4) is 0 Å². The number of nitrogens with one attached hydrogen (secondary N) is 2. The van der Waals surface area contributed by atoms with E-state index in [0.717, 1.165) is 34.3 Å². The molecule has 0 saturated heterocycles. The fraction of sp³-hybridized carbons (Fsp3) is 0.222. The molecule has 0 bridgehead atoms. The lowest BCUT2D eigenvalue weighted by Gasteiger charge is -2.06. The molecule has 0 saturated carbocycles. The fourth-order valence-electron chi connectivity index (χ4n) is 2.52. The second-order valence-corrected chi connectivity index (χ2v) is 8.97. The Labute approximate surface area is 160 Å². The van der Waals surface area contributed by atoms with Gasteiger partial charge in [-0.1, -0.05) is 30.4 Å². The molecule has 0 atom stereocenters. The summed E-state index contributed by atoms with van der Waals surface area (Å²) in [5, 5.41) is 0.528. The third-order valence-electron chi connectivity index (χ3n) is 3.96. The lowest BCUT2D eigenvalue weighted by Crippen LogP contribution is -2.30. The Morgan fingerprint density at radius 3 is 2.63 bits per heavy atom. The molecule has 0 fully saturated rings. The van der Waals surface area contributed by atoms with Gasteiger partial charge in [0.2, 0.25) is 11.0 Å². The first kappa shape index (κ1) is 19.2. The zero-order chi connectivity index (χ0) is 19.4. The van der Waals surface area contributed by atoms with Crippen LogP contribution >= 0.6 is 11.3 Å². The second-order valence-electron chi connectivity index (χ2n) is 5.83. The average Bonchev–Trinajstić information content (AvgIpc) is 3.08. The van der Waals surface area contributed by atoms with E-state index >= 15 is 0 Å². The van der Waals surface area contributed by atoms with Gasteiger partial charge in [0.1, 0.15) is 5.82 Å². The predicted octanol–water partition coefficient (Wildman–Crippen LogP) is 3.30. The van der Waals surface area contributed by atoms with E-state index in [2.05, 4.69) is 15.8 Å². The number of aromatic nitrogens is 1. The van der Waals surface area contributed by atoms with Crippen molar-refractivity contribution in [1.29, 1.82) is 0 Å². The van der Waals surface area contributed by atoms with Gasteiger partial charge < -0.3 is 0 Å². The maximum Gasteiger partial charge on any atom is 0.239 e. The van der Waals surface area contributed by atoms with Crippen molar-refractivity contribution in [2.75, 3.05) is 11.2 Å². The largest absolute Gasteiger partial charge is 0.273 e. The van der Waals surface area contributed by atoms with Crippen molar-refractivity contribution in [3.63, 3.8) is 0 Å². The van der Waals surface area contributed by atoms with Crippen LogP contribution in [0.15, 0.2) is 47.4 Å². The fourth-order valence-corrected chi connectivity index (χ4v) is 4.62. The van der Waals surface area contributed by atoms with Gasteiger partial charge in [0, 0.05) is 6.42 Å². The topological polar surface area (TPSA) is 88.2 Å². The Kier molecular flexibility index (Phi) is 5.71. The molecule has 9 heteroatoms. The predicted molar refractivity (Wildman–Crippen MR) is 104 cm³/mol. The summed E-state index contributed by atoms with van der Waals surface area (Å²) < 4.78 is 38.3. The van der Waals surface area contributed by atoms with Crippen LogP contribution in [0, 0.1) is 5.82 Å². The van der Waals surface area contributed by atoms with Crippen molar-refractivity contribution < 1.29 is 17.6 Å². The monoisotopic (exact) mass is 407 g/mol. The number of nitrogens with zero attached hydrogens (tertiary/aromatic N) is 1. The highest BCUT2D eigenvalue weighted by molar-refractivity contribution is 7.91. The smallest absolute Gasteiger partial charge is 0.239 e. The molecule has 0 aliphatic heterocycles. The number of fused-ring (bicyclic) bond motifs is 1. The maximum absolute atomic E-state index is 12.9. The molecular weight excluding hydrogens is 389 g/mol. The van der Waals surface area contributed by atoms with Crippen LogP contribution < -0.4 is 10.9 Å². The van der Waals surface area contributed by atoms with Gasteiger partial charge in [-0.25, -0.2) is 17.8 Å². The molecule has 1 aromatic heterocycles. The normalized spacial score (nSPS) is 11.5. The lowest BCUT2D eigenvalue weighted by molar-refractivity contribution is -0.120. The minimum atomic E-state index is -3.65. The summed E-state index contributed by atoms with van der Waals surface area (Å²) in [5.41, 5.74) is 7.21. The van der Waals surface area contributed by atoms with Crippen molar-refractivity contribution in [2.24, 2.45) is 0 Å². The highest BCUT2D eigenvalue weighted by Crippen LogP contribution is 2.28. The number of anilines is 1. The van der Waals surface area contributed by atoms with Gasteiger partial charge in [0.05, 0.1) is 20.9 Å². The van der Waals surface area contributed by atoms with Crippen LogP contribution in [0.25, 0.3) is 10.2 Å². The zero-order valence-electron chi connectivity index (χ0n) is 14.5. The Balaban J connectivity index is 1.57. The summed E-state index contributed by atoms with van der Waals surface area (Å²) in [5.74, 6) is -1.36. The molecule has 2 N–H and O–H groups in total. The van der Waals surface area contributed by atoms with Gasteiger partial charge in [0.15, 0.2) is 9.84 Å². The van der Waals surface area contributed by atoms with Crippen LogP contribution in [0.3, 0.4) is 0 Å². The molecule has 0 spiro atoms. The number of hydrazine groups is 1. The molecule has 1 heterocycles. The summed E-state index contributed by atoms with van der Waals surface area (Å²) in [7, 11) is -3.65. The van der Waals surface area contributed by atoms with Crippen LogP contribution in [-0.2, 0) is 21.1 Å². The van der Waals surface area contributed by atoms with Crippen LogP contribution in [-0.4, -0.2) is 25.1 Å². The molecule has 2 aromatic carbocycles. The molecule has 0 radical (unpaired) electrons. The number of hydrogen-bond donors (Lipinski definition) is 2. The number of para-hydroxylation sites is 1. The number of benzene rings is 2. The van der Waals surface area contributed by atoms with E-state index in [1.165, 1.54) is 23.5 Å². The zero-order valence-corrected chi connectivity index (χ0v) is 16.2. The summed E-state index contributed by atoms with van der Waals surface area (Å²) in [4.78, 5) is 16.4. The first-order chi connectivity index (χ1) is 12.9. The van der Waals surface area contributed by atoms with Crippen LogP contribution in [0.1, 0.15) is 18.9 Å². The van der Waals surface area contributed by atoms with E-state index in [-0.39, 0.29) is 17.1 Å². The molecule has 27 heavy (non-hydrogen) atoms. The van der Waals surface area contributed by atoms with Gasteiger partial charge in [-0.15, -0.1) is 0 Å². The number of carbonyl (C=O) groups excluding carboxylic acids is 1. The number of halogens is 1. The van der Waals surface area contributed by atoms with Crippen molar-refractivity contribution in [1.82, 2.24) is 10.4 Å². The Hall–Kier alpha value is -2.52. The minimum absolute atomic E-state index is 0.0112. The number of amides is 1. The number of carbonyl (C=O) groups is 1. The van der Waals surface area contributed by atoms with Crippen molar-refractivity contribution in [3.05, 3.63) is 53.8 Å². The van der Waals surface area contributed by atoms with E-state index in [1.54, 1.807) is 0 Å². The van der Waals surface area contributed by atoms with Crippen LogP contribution in [0.2, 0.25) is 0 Å². The molecule has 0 aliphatic rings. The van der Waals surface area contributed by atoms with E-state index in [4.69, 9.17) is 0 Å². The summed E-state index contributed by atoms with van der Waals surface area (Å²) >= 11 is 1.40. The Bertz CT molecular complexity index is 1060. The molecular formula is C18H18FN3O3S2. The Morgan fingerprint density at radius 2 is 1.93 bits per heavy atom. The molecule has 3 aromatic rings. The Morgan fingerprint density at radius 1 is 1.19 bits per heavy atom. The first-order valence-electron chi connectivity index (χ1n) is 8.30. The van der Waals surface area contributed by atoms with Gasteiger partial charge in [-0.3, -0.25) is 15.6 Å². The average molecular weight is 407 g/mol. The minimum Gasteiger partial charge on any atom is -0.273 e. The molecule has 1 amide bonds. The SMILES string of the molecule is CCc1cccc2sc(NNC(=O)CCS(=O)(=O)c3ccc(F)cc3)nc12. The third-order valence-corrected chi connectivity index (χ3v) is 6.63. The number of thiazole rings is 1. The number of sulfone groups is 1. The van der Waals surface area contributed by atoms with E-state index < -0.39 is 21.6 Å². The number of hydrogen-bond acceptors (Lipinski definition) is 6. The second kappa shape index (κ2) is 8.01. The highest BCUT2D eigenvalue weighted by Gasteiger charge is 2.17. The van der Waals surface area contributed by atoms with E-state index in [0.29, 0.717) is 5.13 Å². The van der Waals surface area contributed by atoms with E-state index in [9.17, 15) is 17.6 Å². The van der Waals surface area contributed by atoms with Crippen molar-refractivity contribution >= 4 is 42.4 Å². The summed E-state index contributed by atoms with van der Waals surface area (Å²) in [6, 6.07) is 10.4. The molecule has 0 unspecified atom stereocenters. The van der Waals surface area contributed by atoms with Crippen LogP contribution in [0.5, 0.6) is 0 Å². The van der Waals surface area contributed by atoms with Gasteiger partial charge in [0.25, 0.3) is 0 Å². The van der Waals surface area contributed by atoms with Gasteiger partial charge >= 0.3 is 0 Å². The van der Waals surface area contributed by atoms with Gasteiger partial charge in [-0.2, -0.15) is 0 Å². The molecule has 0 aliphatic carbocycles. The number of rotatable bonds is 7. The highest BCUT2D eigenvalue weighted by atomic mass is 32.2. The van der Waals surface area contributed by atoms with Gasteiger partial charge in [-0.05, 0) is 42.3 Å². The lowest BCUT2D eigenvalue weighted by atomic mass is 10.1. The first-order valence-corrected chi connectivity index (χ1v) is 10.8. The van der Waals surface area contributed by atoms with Crippen LogP contribution in [0.4, 0.5) is 9.52 Å². The quantitative estimate of drug-likeness (QED) is 0.463.